The van der Waals surface area contributed by atoms with Crippen molar-refractivity contribution in [2.45, 2.75) is 58.4 Å². The maximum Gasteiger partial charge on any atom is 0.308 e. The van der Waals surface area contributed by atoms with Crippen LogP contribution in [0.2, 0.25) is 0 Å². The number of nitrogens with zero attached hydrogens (tertiary/aromatic N) is 2. The number of ether oxygens (including phenoxy) is 2. The van der Waals surface area contributed by atoms with Crippen LogP contribution in [-0.4, -0.2) is 67.9 Å². The fraction of sp³-hybridized carbons (Fsp3) is 0.762. The first kappa shape index (κ1) is 23.7. The molecule has 3 rings (SSSR count). The molecule has 3 heterocycles. The van der Waals surface area contributed by atoms with Gasteiger partial charge in [-0.1, -0.05) is 6.92 Å². The summed E-state index contributed by atoms with van der Waals surface area (Å²) in [6.45, 7) is 4.64. The first-order valence-corrected chi connectivity index (χ1v) is 13.0. The largest absolute Gasteiger partial charge is 0.465 e. The molecule has 1 aromatic rings. The number of fused-ring (bicyclic) bond motifs is 1. The smallest absolute Gasteiger partial charge is 0.308 e. The van der Waals surface area contributed by atoms with Gasteiger partial charge in [0.1, 0.15) is 9.84 Å². The van der Waals surface area contributed by atoms with Gasteiger partial charge in [-0.05, 0) is 38.5 Å². The lowest BCUT2D eigenvalue weighted by atomic mass is 10.0. The Morgan fingerprint density at radius 1 is 1.26 bits per heavy atom. The molecule has 10 heteroatoms. The molecule has 1 N–H and O–H groups in total. The van der Waals surface area contributed by atoms with E-state index in [4.69, 9.17) is 9.47 Å². The Morgan fingerprint density at radius 3 is 2.74 bits per heavy atom. The first-order valence-electron chi connectivity index (χ1n) is 11.2. The van der Waals surface area contributed by atoms with Crippen LogP contribution in [0.15, 0.2) is 0 Å². The number of hydrogen-bond acceptors (Lipinski definition) is 7. The van der Waals surface area contributed by atoms with Crippen molar-refractivity contribution in [3.63, 3.8) is 0 Å². The second-order valence-corrected chi connectivity index (χ2v) is 10.4. The highest BCUT2D eigenvalue weighted by Gasteiger charge is 2.29. The van der Waals surface area contributed by atoms with E-state index in [-0.39, 0.29) is 35.9 Å². The van der Waals surface area contributed by atoms with Gasteiger partial charge in [-0.25, -0.2) is 8.42 Å². The average Bonchev–Trinajstić information content (AvgIpc) is 3.08. The van der Waals surface area contributed by atoms with Crippen molar-refractivity contribution in [1.82, 2.24) is 15.1 Å². The molecular formula is C21H33N3O6S. The van der Waals surface area contributed by atoms with Crippen molar-refractivity contribution in [2.75, 3.05) is 37.9 Å². The van der Waals surface area contributed by atoms with Crippen LogP contribution >= 0.6 is 0 Å². The molecule has 174 valence electrons. The van der Waals surface area contributed by atoms with Crippen LogP contribution < -0.4 is 5.32 Å². The monoisotopic (exact) mass is 455 g/mol. The van der Waals surface area contributed by atoms with Gasteiger partial charge in [0.15, 0.2) is 0 Å². The lowest BCUT2D eigenvalue weighted by Crippen LogP contribution is -2.29. The summed E-state index contributed by atoms with van der Waals surface area (Å²) in [4.78, 5) is 25.0. The summed E-state index contributed by atoms with van der Waals surface area (Å²) in [5.74, 6) is -0.630. The van der Waals surface area contributed by atoms with E-state index in [9.17, 15) is 18.0 Å². The Morgan fingerprint density at radius 2 is 2.00 bits per heavy atom. The molecule has 0 aromatic carbocycles. The highest BCUT2D eigenvalue weighted by molar-refractivity contribution is 7.91. The van der Waals surface area contributed by atoms with E-state index in [1.54, 1.807) is 0 Å². The van der Waals surface area contributed by atoms with E-state index in [0.717, 1.165) is 24.2 Å². The van der Waals surface area contributed by atoms with Crippen LogP contribution in [0.1, 0.15) is 60.8 Å². The minimum atomic E-state index is -3.00. The van der Waals surface area contributed by atoms with E-state index in [1.165, 1.54) is 0 Å². The summed E-state index contributed by atoms with van der Waals surface area (Å²) in [6, 6.07) is 0. The van der Waals surface area contributed by atoms with Crippen LogP contribution in [0, 0.1) is 5.92 Å². The summed E-state index contributed by atoms with van der Waals surface area (Å²) >= 11 is 0. The third-order valence-corrected chi connectivity index (χ3v) is 7.51. The van der Waals surface area contributed by atoms with E-state index < -0.39 is 9.84 Å². The molecule has 0 bridgehead atoms. The molecule has 31 heavy (non-hydrogen) atoms. The quantitative estimate of drug-likeness (QED) is 0.507. The van der Waals surface area contributed by atoms with Gasteiger partial charge >= 0.3 is 5.97 Å². The highest BCUT2D eigenvalue weighted by Crippen LogP contribution is 2.21. The fourth-order valence-electron chi connectivity index (χ4n) is 4.04. The molecule has 2 aliphatic rings. The van der Waals surface area contributed by atoms with Gasteiger partial charge in [0, 0.05) is 32.7 Å². The second kappa shape index (κ2) is 11.1. The maximum absolute atomic E-state index is 12.8. The van der Waals surface area contributed by atoms with E-state index >= 15 is 0 Å². The lowest BCUT2D eigenvalue weighted by molar-refractivity contribution is -0.149. The average molecular weight is 456 g/mol. The Hall–Kier alpha value is -1.94. The van der Waals surface area contributed by atoms with Crippen LogP contribution in [0.5, 0.6) is 0 Å². The fourth-order valence-corrected chi connectivity index (χ4v) is 5.53. The number of amides is 1. The minimum Gasteiger partial charge on any atom is -0.465 e. The van der Waals surface area contributed by atoms with Crippen LogP contribution in [0.3, 0.4) is 0 Å². The third kappa shape index (κ3) is 6.52. The van der Waals surface area contributed by atoms with Crippen molar-refractivity contribution in [3.05, 3.63) is 17.0 Å². The number of esters is 1. The Balaban J connectivity index is 1.58. The number of aromatic nitrogens is 2. The van der Waals surface area contributed by atoms with Crippen molar-refractivity contribution in [1.29, 1.82) is 0 Å². The zero-order chi connectivity index (χ0) is 22.3. The molecule has 0 aliphatic carbocycles. The Bertz CT molecular complexity index is 866. The van der Waals surface area contributed by atoms with Gasteiger partial charge in [0.2, 0.25) is 0 Å². The number of hydrogen-bond donors (Lipinski definition) is 1. The molecule has 9 nitrogen and oxygen atoms in total. The van der Waals surface area contributed by atoms with Gasteiger partial charge in [0.05, 0.1) is 41.0 Å². The maximum atomic E-state index is 12.8. The Kier molecular flexibility index (Phi) is 8.48. The van der Waals surface area contributed by atoms with Crippen LogP contribution in [-0.2, 0) is 43.5 Å². The molecule has 0 atom stereocenters. The molecule has 1 fully saturated rings. The van der Waals surface area contributed by atoms with Crippen molar-refractivity contribution in [2.24, 2.45) is 5.92 Å². The zero-order valence-corrected chi connectivity index (χ0v) is 19.0. The molecule has 1 amide bonds. The van der Waals surface area contributed by atoms with Gasteiger partial charge in [-0.2, -0.15) is 5.10 Å². The molecule has 1 aromatic heterocycles. The minimum absolute atomic E-state index is 0.0533. The SMILES string of the molecule is CCc1nn(CCCOC(=O)C2CCS(=O)(=O)CC2)c2c1C(=O)NCCCOCCC2. The summed E-state index contributed by atoms with van der Waals surface area (Å²) in [5, 5.41) is 7.62. The zero-order valence-electron chi connectivity index (χ0n) is 18.2. The van der Waals surface area contributed by atoms with E-state index in [2.05, 4.69) is 10.4 Å². The summed E-state index contributed by atoms with van der Waals surface area (Å²) in [5.41, 5.74) is 2.36. The number of aryl methyl sites for hydroxylation is 2. The highest BCUT2D eigenvalue weighted by atomic mass is 32.2. The third-order valence-electron chi connectivity index (χ3n) is 5.79. The molecule has 1 saturated heterocycles. The molecule has 0 saturated carbocycles. The predicted octanol–water partition coefficient (Wildman–Crippen LogP) is 1.29. The van der Waals surface area contributed by atoms with Crippen LogP contribution in [0.4, 0.5) is 0 Å². The van der Waals surface area contributed by atoms with Crippen molar-refractivity contribution in [3.8, 4) is 0 Å². The molecule has 0 unspecified atom stereocenters. The van der Waals surface area contributed by atoms with Crippen molar-refractivity contribution < 1.29 is 27.5 Å². The summed E-state index contributed by atoms with van der Waals surface area (Å²) in [6.07, 6.45) is 4.22. The van der Waals surface area contributed by atoms with E-state index in [0.29, 0.717) is 64.0 Å². The Labute approximate surface area is 183 Å². The normalized spacial score (nSPS) is 20.4. The van der Waals surface area contributed by atoms with Gasteiger partial charge in [-0.15, -0.1) is 0 Å². The predicted molar refractivity (Wildman–Crippen MR) is 115 cm³/mol. The lowest BCUT2D eigenvalue weighted by Gasteiger charge is -2.20. The second-order valence-electron chi connectivity index (χ2n) is 8.12. The van der Waals surface area contributed by atoms with Gasteiger partial charge < -0.3 is 14.8 Å². The van der Waals surface area contributed by atoms with Crippen LogP contribution in [0.25, 0.3) is 0 Å². The van der Waals surface area contributed by atoms with E-state index in [1.807, 2.05) is 11.6 Å². The number of sulfone groups is 1. The summed E-state index contributed by atoms with van der Waals surface area (Å²) < 4.78 is 35.9. The molecular weight excluding hydrogens is 422 g/mol. The number of nitrogens with one attached hydrogen (secondary N) is 1. The number of rotatable bonds is 6. The molecule has 0 radical (unpaired) electrons. The number of carbonyl (C=O) groups is 2. The van der Waals surface area contributed by atoms with Crippen molar-refractivity contribution >= 4 is 21.7 Å². The summed E-state index contributed by atoms with van der Waals surface area (Å²) in [7, 11) is -3.00. The van der Waals surface area contributed by atoms with Gasteiger partial charge in [0.25, 0.3) is 5.91 Å². The molecule has 2 aliphatic heterocycles. The van der Waals surface area contributed by atoms with Gasteiger partial charge in [-0.3, -0.25) is 14.3 Å². The topological polar surface area (TPSA) is 117 Å². The molecule has 0 spiro atoms. The first-order chi connectivity index (χ1) is 14.9. The standard InChI is InChI=1S/C21H33N3O6S/c1-2-17-19-18(6-3-11-29-12-4-9-22-20(19)25)24(23-17)10-5-13-30-21(26)16-7-14-31(27,28)15-8-16/h16H,2-15H2,1H3,(H,22,25). The number of carbonyl (C=O) groups excluding carboxylic acids is 2.